The van der Waals surface area contributed by atoms with Crippen molar-refractivity contribution < 1.29 is 9.53 Å². The summed E-state index contributed by atoms with van der Waals surface area (Å²) in [4.78, 5) is 17.1. The predicted octanol–water partition coefficient (Wildman–Crippen LogP) is 3.05. The number of nitrogens with one attached hydrogen (secondary N) is 1. The highest BCUT2D eigenvalue weighted by molar-refractivity contribution is 9.10. The minimum Gasteiger partial charge on any atom is -0.378 e. The SMILES string of the molecule is CC(C)COC1CCN(C(=O)c2cc(Br)c[nH]2)CC1. The van der Waals surface area contributed by atoms with Gasteiger partial charge in [-0.25, -0.2) is 0 Å². The van der Waals surface area contributed by atoms with Gasteiger partial charge >= 0.3 is 0 Å². The van der Waals surface area contributed by atoms with E-state index in [-0.39, 0.29) is 5.91 Å². The Kier molecular flexibility index (Phi) is 5.05. The lowest BCUT2D eigenvalue weighted by molar-refractivity contribution is -0.00241. The van der Waals surface area contributed by atoms with E-state index >= 15 is 0 Å². The van der Waals surface area contributed by atoms with Crippen LogP contribution in [0.3, 0.4) is 0 Å². The van der Waals surface area contributed by atoms with E-state index in [4.69, 9.17) is 4.74 Å². The van der Waals surface area contributed by atoms with Crippen LogP contribution in [0.15, 0.2) is 16.7 Å². The Hall–Kier alpha value is -0.810. The van der Waals surface area contributed by atoms with Gasteiger partial charge in [0.15, 0.2) is 0 Å². The topological polar surface area (TPSA) is 45.3 Å². The number of nitrogens with zero attached hydrogens (tertiary/aromatic N) is 1. The Morgan fingerprint density at radius 2 is 2.21 bits per heavy atom. The molecular formula is C14H21BrN2O2. The first-order chi connectivity index (χ1) is 9.06. The zero-order chi connectivity index (χ0) is 13.8. The second kappa shape index (κ2) is 6.57. The van der Waals surface area contributed by atoms with E-state index in [1.165, 1.54) is 0 Å². The van der Waals surface area contributed by atoms with E-state index in [0.717, 1.165) is 37.0 Å². The minimum atomic E-state index is 0.0769. The molecule has 1 aromatic heterocycles. The highest BCUT2D eigenvalue weighted by atomic mass is 79.9. The Morgan fingerprint density at radius 1 is 1.53 bits per heavy atom. The van der Waals surface area contributed by atoms with Crippen LogP contribution in [0.4, 0.5) is 0 Å². The van der Waals surface area contributed by atoms with Crippen molar-refractivity contribution in [3.63, 3.8) is 0 Å². The fraction of sp³-hybridized carbons (Fsp3) is 0.643. The quantitative estimate of drug-likeness (QED) is 0.923. The molecule has 1 aliphatic heterocycles. The van der Waals surface area contributed by atoms with E-state index < -0.39 is 0 Å². The highest BCUT2D eigenvalue weighted by Gasteiger charge is 2.24. The van der Waals surface area contributed by atoms with Crippen LogP contribution in [0.5, 0.6) is 0 Å². The molecule has 0 spiro atoms. The molecule has 106 valence electrons. The number of carbonyl (C=O) groups excluding carboxylic acids is 1. The van der Waals surface area contributed by atoms with E-state index in [1.807, 2.05) is 11.0 Å². The lowest BCUT2D eigenvalue weighted by Gasteiger charge is -2.32. The van der Waals surface area contributed by atoms with Gasteiger partial charge < -0.3 is 14.6 Å². The number of carbonyl (C=O) groups is 1. The molecule has 1 aliphatic rings. The summed E-state index contributed by atoms with van der Waals surface area (Å²) in [6.07, 6.45) is 3.95. The van der Waals surface area contributed by atoms with Crippen molar-refractivity contribution in [2.45, 2.75) is 32.8 Å². The van der Waals surface area contributed by atoms with Gasteiger partial charge in [0.25, 0.3) is 5.91 Å². The normalized spacial score (nSPS) is 17.2. The molecule has 1 fully saturated rings. The molecule has 0 bridgehead atoms. The number of piperidine rings is 1. The van der Waals surface area contributed by atoms with Gasteiger partial charge in [-0.2, -0.15) is 0 Å². The van der Waals surface area contributed by atoms with Crippen LogP contribution in [0.2, 0.25) is 0 Å². The first-order valence-corrected chi connectivity index (χ1v) is 7.60. The third-order valence-electron chi connectivity index (χ3n) is 3.27. The van der Waals surface area contributed by atoms with Gasteiger partial charge in [0.1, 0.15) is 5.69 Å². The fourth-order valence-corrected chi connectivity index (χ4v) is 2.56. The summed E-state index contributed by atoms with van der Waals surface area (Å²) < 4.78 is 6.74. The summed E-state index contributed by atoms with van der Waals surface area (Å²) in [6, 6.07) is 1.82. The molecule has 1 saturated heterocycles. The third-order valence-corrected chi connectivity index (χ3v) is 3.73. The summed E-state index contributed by atoms with van der Waals surface area (Å²) in [5, 5.41) is 0. The molecule has 1 N–H and O–H groups in total. The van der Waals surface area contributed by atoms with Crippen molar-refractivity contribution in [1.82, 2.24) is 9.88 Å². The number of likely N-dealkylation sites (tertiary alicyclic amines) is 1. The van der Waals surface area contributed by atoms with Gasteiger partial charge in [-0.1, -0.05) is 13.8 Å². The maximum absolute atomic E-state index is 12.2. The Labute approximate surface area is 122 Å². The monoisotopic (exact) mass is 328 g/mol. The van der Waals surface area contributed by atoms with Crippen LogP contribution in [-0.4, -0.2) is 41.6 Å². The molecule has 1 amide bonds. The highest BCUT2D eigenvalue weighted by Crippen LogP contribution is 2.18. The lowest BCUT2D eigenvalue weighted by Crippen LogP contribution is -2.41. The zero-order valence-electron chi connectivity index (χ0n) is 11.5. The van der Waals surface area contributed by atoms with Crippen LogP contribution in [0.1, 0.15) is 37.2 Å². The average Bonchev–Trinajstić information content (AvgIpc) is 2.83. The molecule has 2 heterocycles. The lowest BCUT2D eigenvalue weighted by atomic mass is 10.1. The van der Waals surface area contributed by atoms with Gasteiger partial charge in [0.05, 0.1) is 6.10 Å². The van der Waals surface area contributed by atoms with Gasteiger partial charge in [-0.3, -0.25) is 4.79 Å². The Bertz CT molecular complexity index is 423. The summed E-state index contributed by atoms with van der Waals surface area (Å²) in [5.41, 5.74) is 0.647. The van der Waals surface area contributed by atoms with E-state index in [1.54, 1.807) is 6.20 Å². The van der Waals surface area contributed by atoms with Crippen LogP contribution >= 0.6 is 15.9 Å². The number of ether oxygens (including phenoxy) is 1. The first kappa shape index (κ1) is 14.6. The van der Waals surface area contributed by atoms with E-state index in [0.29, 0.717) is 17.7 Å². The molecule has 2 rings (SSSR count). The molecule has 5 heteroatoms. The van der Waals surface area contributed by atoms with Crippen molar-refractivity contribution in [3.8, 4) is 0 Å². The maximum Gasteiger partial charge on any atom is 0.270 e. The van der Waals surface area contributed by atoms with E-state index in [9.17, 15) is 4.79 Å². The van der Waals surface area contributed by atoms with E-state index in [2.05, 4.69) is 34.8 Å². The third kappa shape index (κ3) is 4.08. The number of hydrogen-bond donors (Lipinski definition) is 1. The largest absolute Gasteiger partial charge is 0.378 e. The standard InChI is InChI=1S/C14H21BrN2O2/c1-10(2)9-19-12-3-5-17(6-4-12)14(18)13-7-11(15)8-16-13/h7-8,10,12,16H,3-6,9H2,1-2H3. The first-order valence-electron chi connectivity index (χ1n) is 6.81. The molecule has 0 radical (unpaired) electrons. The number of amides is 1. The van der Waals surface area contributed by atoms with Gasteiger partial charge in [0, 0.05) is 30.4 Å². The number of H-pyrrole nitrogens is 1. The molecule has 4 nitrogen and oxygen atoms in total. The number of aromatic amines is 1. The average molecular weight is 329 g/mol. The van der Waals surface area contributed by atoms with Crippen LogP contribution < -0.4 is 0 Å². The van der Waals surface area contributed by atoms with Crippen LogP contribution in [-0.2, 0) is 4.74 Å². The number of halogens is 1. The molecule has 0 aromatic carbocycles. The Balaban J connectivity index is 1.81. The van der Waals surface area contributed by atoms with Crippen molar-refractivity contribution in [2.75, 3.05) is 19.7 Å². The second-order valence-corrected chi connectivity index (χ2v) is 6.37. The molecule has 0 unspecified atom stereocenters. The summed E-state index contributed by atoms with van der Waals surface area (Å²) in [5.74, 6) is 0.643. The van der Waals surface area contributed by atoms with Gasteiger partial charge in [-0.15, -0.1) is 0 Å². The van der Waals surface area contributed by atoms with Gasteiger partial charge in [-0.05, 0) is 40.8 Å². The summed E-state index contributed by atoms with van der Waals surface area (Å²) >= 11 is 3.35. The number of aromatic nitrogens is 1. The fourth-order valence-electron chi connectivity index (χ4n) is 2.22. The molecule has 19 heavy (non-hydrogen) atoms. The maximum atomic E-state index is 12.2. The molecule has 0 aliphatic carbocycles. The van der Waals surface area contributed by atoms with Crippen LogP contribution in [0, 0.1) is 5.92 Å². The van der Waals surface area contributed by atoms with Crippen LogP contribution in [0.25, 0.3) is 0 Å². The van der Waals surface area contributed by atoms with Crippen molar-refractivity contribution in [1.29, 1.82) is 0 Å². The summed E-state index contributed by atoms with van der Waals surface area (Å²) in [6.45, 7) is 6.67. The molecule has 0 atom stereocenters. The molecule has 0 saturated carbocycles. The predicted molar refractivity (Wildman–Crippen MR) is 78.2 cm³/mol. The molecular weight excluding hydrogens is 308 g/mol. The van der Waals surface area contributed by atoms with Crippen molar-refractivity contribution in [2.24, 2.45) is 5.92 Å². The zero-order valence-corrected chi connectivity index (χ0v) is 13.1. The summed E-state index contributed by atoms with van der Waals surface area (Å²) in [7, 11) is 0. The van der Waals surface area contributed by atoms with Crippen molar-refractivity contribution in [3.05, 3.63) is 22.4 Å². The van der Waals surface area contributed by atoms with Crippen molar-refractivity contribution >= 4 is 21.8 Å². The smallest absolute Gasteiger partial charge is 0.270 e. The number of rotatable bonds is 4. The minimum absolute atomic E-state index is 0.0769. The van der Waals surface area contributed by atoms with Gasteiger partial charge in [0.2, 0.25) is 0 Å². The molecule has 1 aromatic rings. The second-order valence-electron chi connectivity index (χ2n) is 5.45. The Morgan fingerprint density at radius 3 is 2.74 bits per heavy atom. The number of hydrogen-bond acceptors (Lipinski definition) is 2.